The lowest BCUT2D eigenvalue weighted by Crippen LogP contribution is -2.16. The molecule has 116 valence electrons. The van der Waals surface area contributed by atoms with E-state index < -0.39 is 0 Å². The molecule has 2 aromatic carbocycles. The van der Waals surface area contributed by atoms with Gasteiger partial charge in [0, 0.05) is 29.4 Å². The van der Waals surface area contributed by atoms with E-state index in [1.54, 1.807) is 24.3 Å². The topological polar surface area (TPSA) is 41.1 Å². The van der Waals surface area contributed by atoms with E-state index in [4.69, 9.17) is 11.6 Å². The molecule has 0 saturated carbocycles. The van der Waals surface area contributed by atoms with Gasteiger partial charge in [-0.2, -0.15) is 0 Å². The first-order valence-corrected chi connectivity index (χ1v) is 7.70. The number of halogens is 1. The largest absolute Gasteiger partial charge is 0.384 e. The van der Waals surface area contributed by atoms with E-state index in [2.05, 4.69) is 43.5 Å². The van der Waals surface area contributed by atoms with Crippen LogP contribution >= 0.6 is 11.6 Å². The van der Waals surface area contributed by atoms with Crippen molar-refractivity contribution in [2.45, 2.75) is 27.2 Å². The number of nitrogens with one attached hydrogen (secondary N) is 2. The number of anilines is 2. The van der Waals surface area contributed by atoms with Gasteiger partial charge in [-0.1, -0.05) is 29.3 Å². The van der Waals surface area contributed by atoms with Crippen LogP contribution < -0.4 is 10.6 Å². The molecule has 2 rings (SSSR count). The van der Waals surface area contributed by atoms with Crippen molar-refractivity contribution in [1.82, 2.24) is 0 Å². The minimum atomic E-state index is -0.0164. The number of carbonyl (C=O) groups is 1. The Morgan fingerprint density at radius 2 is 1.64 bits per heavy atom. The predicted molar refractivity (Wildman–Crippen MR) is 93.8 cm³/mol. The second-order valence-electron chi connectivity index (χ2n) is 5.51. The zero-order valence-corrected chi connectivity index (χ0v) is 13.9. The lowest BCUT2D eigenvalue weighted by atomic mass is 10.1. The maximum atomic E-state index is 11.9. The molecule has 0 radical (unpaired) electrons. The Hall–Kier alpha value is -2.00. The summed E-state index contributed by atoms with van der Waals surface area (Å²) in [5.74, 6) is -0.0164. The predicted octanol–water partition coefficient (Wildman–Crippen LogP) is 4.71. The minimum Gasteiger partial charge on any atom is -0.384 e. The number of rotatable bonds is 5. The Balaban J connectivity index is 1.86. The summed E-state index contributed by atoms with van der Waals surface area (Å²) in [5.41, 5.74) is 5.54. The minimum absolute atomic E-state index is 0.0164. The SMILES string of the molecule is Cc1cc(C)c(NCCC(=O)Nc2ccc(Cl)cc2)c(C)c1. The molecule has 0 saturated heterocycles. The van der Waals surface area contributed by atoms with E-state index in [0.29, 0.717) is 18.0 Å². The molecule has 3 nitrogen and oxygen atoms in total. The molecule has 2 N–H and O–H groups in total. The molecule has 0 atom stereocenters. The van der Waals surface area contributed by atoms with Crippen molar-refractivity contribution in [3.63, 3.8) is 0 Å². The van der Waals surface area contributed by atoms with Gasteiger partial charge in [0.25, 0.3) is 0 Å². The van der Waals surface area contributed by atoms with E-state index in [9.17, 15) is 4.79 Å². The van der Waals surface area contributed by atoms with Gasteiger partial charge in [0.15, 0.2) is 0 Å². The standard InChI is InChI=1S/C18H21ClN2O/c1-12-10-13(2)18(14(3)11-12)20-9-8-17(22)21-16-6-4-15(19)5-7-16/h4-7,10-11,20H,8-9H2,1-3H3,(H,21,22). The zero-order chi connectivity index (χ0) is 16.1. The van der Waals surface area contributed by atoms with Gasteiger partial charge in [-0.05, 0) is 56.2 Å². The molecular weight excluding hydrogens is 296 g/mol. The molecule has 0 aliphatic rings. The van der Waals surface area contributed by atoms with Gasteiger partial charge in [0.2, 0.25) is 5.91 Å². The van der Waals surface area contributed by atoms with Gasteiger partial charge in [0.05, 0.1) is 0 Å². The summed E-state index contributed by atoms with van der Waals surface area (Å²) in [5, 5.41) is 6.87. The van der Waals surface area contributed by atoms with Crippen LogP contribution in [0.5, 0.6) is 0 Å². The third kappa shape index (κ3) is 4.50. The Morgan fingerprint density at radius 3 is 2.23 bits per heavy atom. The fourth-order valence-electron chi connectivity index (χ4n) is 2.52. The summed E-state index contributed by atoms with van der Waals surface area (Å²) in [6.45, 7) is 6.85. The van der Waals surface area contributed by atoms with Gasteiger partial charge >= 0.3 is 0 Å². The normalized spacial score (nSPS) is 10.4. The maximum Gasteiger partial charge on any atom is 0.226 e. The summed E-state index contributed by atoms with van der Waals surface area (Å²) < 4.78 is 0. The molecule has 0 spiro atoms. The Kier molecular flexibility index (Phi) is 5.45. The number of hydrogen-bond acceptors (Lipinski definition) is 2. The highest BCUT2D eigenvalue weighted by Gasteiger charge is 2.06. The second-order valence-corrected chi connectivity index (χ2v) is 5.94. The molecule has 2 aromatic rings. The van der Waals surface area contributed by atoms with Gasteiger partial charge in [-0.25, -0.2) is 0 Å². The lowest BCUT2D eigenvalue weighted by Gasteiger charge is -2.13. The molecule has 0 heterocycles. The van der Waals surface area contributed by atoms with Crippen LogP contribution in [0.2, 0.25) is 5.02 Å². The van der Waals surface area contributed by atoms with Crippen LogP contribution in [0.3, 0.4) is 0 Å². The highest BCUT2D eigenvalue weighted by Crippen LogP contribution is 2.21. The first kappa shape index (κ1) is 16.4. The van der Waals surface area contributed by atoms with Crippen molar-refractivity contribution in [1.29, 1.82) is 0 Å². The Labute approximate surface area is 136 Å². The van der Waals surface area contributed by atoms with Crippen molar-refractivity contribution in [2.24, 2.45) is 0 Å². The van der Waals surface area contributed by atoms with Crippen LogP contribution in [-0.4, -0.2) is 12.5 Å². The van der Waals surface area contributed by atoms with E-state index in [0.717, 1.165) is 11.4 Å². The third-order valence-electron chi connectivity index (χ3n) is 3.46. The molecular formula is C18H21ClN2O. The van der Waals surface area contributed by atoms with Crippen molar-refractivity contribution >= 4 is 28.9 Å². The average molecular weight is 317 g/mol. The summed E-state index contributed by atoms with van der Waals surface area (Å²) in [6.07, 6.45) is 0.412. The molecule has 0 aliphatic carbocycles. The summed E-state index contributed by atoms with van der Waals surface area (Å²) >= 11 is 5.82. The molecule has 0 bridgehead atoms. The van der Waals surface area contributed by atoms with E-state index in [-0.39, 0.29) is 5.91 Å². The van der Waals surface area contributed by atoms with Crippen LogP contribution in [0.25, 0.3) is 0 Å². The number of aryl methyl sites for hydroxylation is 3. The molecule has 22 heavy (non-hydrogen) atoms. The van der Waals surface area contributed by atoms with Crippen molar-refractivity contribution in [3.05, 3.63) is 58.1 Å². The first-order valence-electron chi connectivity index (χ1n) is 7.33. The molecule has 1 amide bonds. The van der Waals surface area contributed by atoms with Crippen molar-refractivity contribution in [2.75, 3.05) is 17.2 Å². The molecule has 0 aromatic heterocycles. The van der Waals surface area contributed by atoms with E-state index in [1.165, 1.54) is 16.7 Å². The monoisotopic (exact) mass is 316 g/mol. The fourth-order valence-corrected chi connectivity index (χ4v) is 2.64. The van der Waals surface area contributed by atoms with Crippen LogP contribution in [0.4, 0.5) is 11.4 Å². The quantitative estimate of drug-likeness (QED) is 0.839. The van der Waals surface area contributed by atoms with Gasteiger partial charge in [0.1, 0.15) is 0 Å². The van der Waals surface area contributed by atoms with Crippen molar-refractivity contribution in [3.8, 4) is 0 Å². The summed E-state index contributed by atoms with van der Waals surface area (Å²) in [4.78, 5) is 11.9. The highest BCUT2D eigenvalue weighted by atomic mass is 35.5. The van der Waals surface area contributed by atoms with Crippen LogP contribution in [0.15, 0.2) is 36.4 Å². The van der Waals surface area contributed by atoms with Crippen molar-refractivity contribution < 1.29 is 4.79 Å². The van der Waals surface area contributed by atoms with Crippen LogP contribution in [-0.2, 0) is 4.79 Å². The molecule has 0 aliphatic heterocycles. The third-order valence-corrected chi connectivity index (χ3v) is 3.71. The van der Waals surface area contributed by atoms with E-state index >= 15 is 0 Å². The highest BCUT2D eigenvalue weighted by molar-refractivity contribution is 6.30. The lowest BCUT2D eigenvalue weighted by molar-refractivity contribution is -0.115. The molecule has 0 fully saturated rings. The van der Waals surface area contributed by atoms with Crippen LogP contribution in [0, 0.1) is 20.8 Å². The number of hydrogen-bond donors (Lipinski definition) is 2. The van der Waals surface area contributed by atoms with Crippen LogP contribution in [0.1, 0.15) is 23.1 Å². The zero-order valence-electron chi connectivity index (χ0n) is 13.2. The van der Waals surface area contributed by atoms with Gasteiger partial charge in [-0.15, -0.1) is 0 Å². The van der Waals surface area contributed by atoms with Gasteiger partial charge < -0.3 is 10.6 Å². The first-order chi connectivity index (χ1) is 10.5. The summed E-state index contributed by atoms with van der Waals surface area (Å²) in [6, 6.07) is 11.4. The Bertz CT molecular complexity index is 642. The van der Waals surface area contributed by atoms with E-state index in [1.807, 2.05) is 0 Å². The smallest absolute Gasteiger partial charge is 0.226 e. The maximum absolute atomic E-state index is 11.9. The Morgan fingerprint density at radius 1 is 1.05 bits per heavy atom. The number of benzene rings is 2. The molecule has 0 unspecified atom stereocenters. The summed E-state index contributed by atoms with van der Waals surface area (Å²) in [7, 11) is 0. The number of carbonyl (C=O) groups excluding carboxylic acids is 1. The number of amides is 1. The molecule has 4 heteroatoms. The average Bonchev–Trinajstić information content (AvgIpc) is 2.44. The second kappa shape index (κ2) is 7.32. The van der Waals surface area contributed by atoms with Gasteiger partial charge in [-0.3, -0.25) is 4.79 Å². The fraction of sp³-hybridized carbons (Fsp3) is 0.278.